The van der Waals surface area contributed by atoms with Gasteiger partial charge in [-0.3, -0.25) is 4.79 Å². The van der Waals surface area contributed by atoms with Crippen LogP contribution < -0.4 is 5.32 Å². The van der Waals surface area contributed by atoms with Gasteiger partial charge in [-0.1, -0.05) is 19.1 Å². The van der Waals surface area contributed by atoms with Crippen LogP contribution in [0.4, 0.5) is 15.9 Å². The molecule has 6 heteroatoms. The molecule has 0 aliphatic carbocycles. The minimum absolute atomic E-state index is 0.0577. The number of amides is 1. The molecule has 0 saturated carbocycles. The van der Waals surface area contributed by atoms with Gasteiger partial charge in [0.05, 0.1) is 24.0 Å². The van der Waals surface area contributed by atoms with Crippen molar-refractivity contribution in [3.63, 3.8) is 0 Å². The number of pyridine rings is 1. The molecule has 1 fully saturated rings. The highest BCUT2D eigenvalue weighted by Gasteiger charge is 2.26. The number of aromatic nitrogens is 1. The maximum absolute atomic E-state index is 13.9. The summed E-state index contributed by atoms with van der Waals surface area (Å²) in [5.74, 6) is -0.158. The Morgan fingerprint density at radius 2 is 2.21 bits per heavy atom. The fraction of sp³-hybridized carbons (Fsp3) is 0.333. The van der Waals surface area contributed by atoms with E-state index in [1.807, 2.05) is 6.92 Å². The lowest BCUT2D eigenvalue weighted by atomic mass is 10.1. The number of ether oxygens (including phenoxy) is 1. The molecule has 5 nitrogen and oxygen atoms in total. The van der Waals surface area contributed by atoms with Gasteiger partial charge in [0.25, 0.3) is 5.91 Å². The number of carbonyl (C=O) groups excluding carboxylic acids is 1. The van der Waals surface area contributed by atoms with Crippen molar-refractivity contribution in [2.75, 3.05) is 25.0 Å². The van der Waals surface area contributed by atoms with Crippen LogP contribution in [0.3, 0.4) is 0 Å². The van der Waals surface area contributed by atoms with Gasteiger partial charge >= 0.3 is 0 Å². The molecule has 1 saturated heterocycles. The largest absolute Gasteiger partial charge is 0.375 e. The number of carbonyl (C=O) groups is 1. The Labute approximate surface area is 140 Å². The van der Waals surface area contributed by atoms with E-state index in [0.717, 1.165) is 6.42 Å². The number of para-hydroxylation sites is 1. The van der Waals surface area contributed by atoms with Gasteiger partial charge < -0.3 is 15.0 Å². The number of morpholine rings is 1. The minimum atomic E-state index is -0.390. The van der Waals surface area contributed by atoms with E-state index in [4.69, 9.17) is 4.74 Å². The molecule has 24 heavy (non-hydrogen) atoms. The Hall–Kier alpha value is -2.47. The summed E-state index contributed by atoms with van der Waals surface area (Å²) in [6.45, 7) is 3.67. The van der Waals surface area contributed by atoms with Crippen LogP contribution in [0.5, 0.6) is 0 Å². The van der Waals surface area contributed by atoms with Crippen molar-refractivity contribution in [3.05, 3.63) is 54.0 Å². The lowest BCUT2D eigenvalue weighted by molar-refractivity contribution is -0.0226. The van der Waals surface area contributed by atoms with Crippen LogP contribution in [0, 0.1) is 5.82 Å². The average Bonchev–Trinajstić information content (AvgIpc) is 2.63. The van der Waals surface area contributed by atoms with Crippen LogP contribution in [0.15, 0.2) is 42.6 Å². The van der Waals surface area contributed by atoms with Crippen LogP contribution in [-0.2, 0) is 4.74 Å². The molecule has 1 aromatic heterocycles. The first-order valence-corrected chi connectivity index (χ1v) is 8.06. The maximum atomic E-state index is 13.9. The highest BCUT2D eigenvalue weighted by Crippen LogP contribution is 2.23. The number of rotatable bonds is 4. The molecule has 1 aromatic carbocycles. The normalized spacial score (nSPS) is 17.6. The van der Waals surface area contributed by atoms with E-state index in [1.54, 1.807) is 41.4 Å². The Kier molecular flexibility index (Phi) is 5.05. The smallest absolute Gasteiger partial charge is 0.257 e. The number of anilines is 2. The third-order valence-corrected chi connectivity index (χ3v) is 4.05. The fourth-order valence-electron chi connectivity index (χ4n) is 2.69. The van der Waals surface area contributed by atoms with Crippen LogP contribution in [0.1, 0.15) is 23.7 Å². The molecule has 1 amide bonds. The predicted octanol–water partition coefficient (Wildman–Crippen LogP) is 3.22. The van der Waals surface area contributed by atoms with Gasteiger partial charge in [0.1, 0.15) is 11.6 Å². The molecular formula is C18H20FN3O2. The van der Waals surface area contributed by atoms with Crippen molar-refractivity contribution < 1.29 is 13.9 Å². The Balaban J connectivity index is 1.83. The van der Waals surface area contributed by atoms with Crippen molar-refractivity contribution in [2.45, 2.75) is 19.4 Å². The van der Waals surface area contributed by atoms with Gasteiger partial charge in [0, 0.05) is 19.3 Å². The van der Waals surface area contributed by atoms with Crippen molar-refractivity contribution in [2.24, 2.45) is 0 Å². The van der Waals surface area contributed by atoms with Gasteiger partial charge in [-0.25, -0.2) is 9.37 Å². The third-order valence-electron chi connectivity index (χ3n) is 4.05. The van der Waals surface area contributed by atoms with Gasteiger partial charge in [-0.2, -0.15) is 0 Å². The molecule has 0 spiro atoms. The van der Waals surface area contributed by atoms with E-state index in [1.165, 1.54) is 6.07 Å². The van der Waals surface area contributed by atoms with Crippen LogP contribution in [0.25, 0.3) is 0 Å². The predicted molar refractivity (Wildman–Crippen MR) is 89.9 cm³/mol. The summed E-state index contributed by atoms with van der Waals surface area (Å²) in [6, 6.07) is 9.72. The number of hydrogen-bond donors (Lipinski definition) is 1. The second-order valence-electron chi connectivity index (χ2n) is 5.66. The van der Waals surface area contributed by atoms with Gasteiger partial charge in [0.15, 0.2) is 0 Å². The molecule has 1 N–H and O–H groups in total. The molecule has 0 radical (unpaired) electrons. The number of hydrogen-bond acceptors (Lipinski definition) is 4. The van der Waals surface area contributed by atoms with Crippen molar-refractivity contribution >= 4 is 17.4 Å². The van der Waals surface area contributed by atoms with E-state index >= 15 is 0 Å². The van der Waals surface area contributed by atoms with Gasteiger partial charge in [-0.15, -0.1) is 0 Å². The van der Waals surface area contributed by atoms with E-state index in [9.17, 15) is 9.18 Å². The number of nitrogens with one attached hydrogen (secondary N) is 1. The summed E-state index contributed by atoms with van der Waals surface area (Å²) in [6.07, 6.45) is 2.49. The summed E-state index contributed by atoms with van der Waals surface area (Å²) in [4.78, 5) is 18.8. The van der Waals surface area contributed by atoms with Crippen LogP contribution >= 0.6 is 0 Å². The average molecular weight is 329 g/mol. The molecular weight excluding hydrogens is 309 g/mol. The lowest BCUT2D eigenvalue weighted by Gasteiger charge is -2.32. The second-order valence-corrected chi connectivity index (χ2v) is 5.66. The topological polar surface area (TPSA) is 54.5 Å². The molecule has 1 aliphatic heterocycles. The Bertz CT molecular complexity index is 723. The number of benzene rings is 1. The van der Waals surface area contributed by atoms with Crippen LogP contribution in [-0.4, -0.2) is 41.6 Å². The van der Waals surface area contributed by atoms with E-state index in [-0.39, 0.29) is 17.8 Å². The number of halogens is 1. The molecule has 0 bridgehead atoms. The molecule has 2 aromatic rings. The quantitative estimate of drug-likeness (QED) is 0.936. The van der Waals surface area contributed by atoms with Crippen molar-refractivity contribution in [1.29, 1.82) is 0 Å². The minimum Gasteiger partial charge on any atom is -0.375 e. The molecule has 1 atom stereocenters. The lowest BCUT2D eigenvalue weighted by Crippen LogP contribution is -2.45. The maximum Gasteiger partial charge on any atom is 0.257 e. The zero-order chi connectivity index (χ0) is 16.9. The Morgan fingerprint density at radius 3 is 3.00 bits per heavy atom. The summed E-state index contributed by atoms with van der Waals surface area (Å²) in [5.41, 5.74) is 0.719. The SMILES string of the molecule is CC[C@H]1CN(C(=O)c2cccnc2Nc2ccccc2F)CCO1. The first-order valence-electron chi connectivity index (χ1n) is 8.06. The third kappa shape index (κ3) is 3.54. The number of nitrogens with zero attached hydrogens (tertiary/aromatic N) is 2. The molecule has 2 heterocycles. The fourth-order valence-corrected chi connectivity index (χ4v) is 2.69. The Morgan fingerprint density at radius 1 is 1.38 bits per heavy atom. The summed E-state index contributed by atoms with van der Waals surface area (Å²) < 4.78 is 19.5. The standard InChI is InChI=1S/C18H20FN3O2/c1-2-13-12-22(10-11-24-13)18(23)14-6-5-9-20-17(14)21-16-8-4-3-7-15(16)19/h3-9,13H,2,10-12H2,1H3,(H,20,21)/t13-/m0/s1. The highest BCUT2D eigenvalue weighted by molar-refractivity contribution is 5.99. The summed E-state index contributed by atoms with van der Waals surface area (Å²) in [7, 11) is 0. The zero-order valence-electron chi connectivity index (χ0n) is 13.5. The first kappa shape index (κ1) is 16.4. The zero-order valence-corrected chi connectivity index (χ0v) is 13.5. The van der Waals surface area contributed by atoms with E-state index in [2.05, 4.69) is 10.3 Å². The summed E-state index contributed by atoms with van der Waals surface area (Å²) in [5, 5.41) is 2.92. The summed E-state index contributed by atoms with van der Waals surface area (Å²) >= 11 is 0. The van der Waals surface area contributed by atoms with Crippen LogP contribution in [0.2, 0.25) is 0 Å². The van der Waals surface area contributed by atoms with Crippen molar-refractivity contribution in [3.8, 4) is 0 Å². The second kappa shape index (κ2) is 7.40. The van der Waals surface area contributed by atoms with E-state index < -0.39 is 0 Å². The first-order chi connectivity index (χ1) is 11.7. The monoisotopic (exact) mass is 329 g/mol. The van der Waals surface area contributed by atoms with Gasteiger partial charge in [0.2, 0.25) is 0 Å². The molecule has 0 unspecified atom stereocenters. The molecule has 1 aliphatic rings. The molecule has 126 valence electrons. The van der Waals surface area contributed by atoms with E-state index in [0.29, 0.717) is 36.8 Å². The molecule has 3 rings (SSSR count). The highest BCUT2D eigenvalue weighted by atomic mass is 19.1. The van der Waals surface area contributed by atoms with Crippen molar-refractivity contribution in [1.82, 2.24) is 9.88 Å². The van der Waals surface area contributed by atoms with Gasteiger partial charge in [-0.05, 0) is 30.7 Å².